The molecule has 0 radical (unpaired) electrons. The largest absolute Gasteiger partial charge is 0.462 e. The van der Waals surface area contributed by atoms with E-state index in [2.05, 4.69) is 18.3 Å². The van der Waals surface area contributed by atoms with Crippen LogP contribution >= 0.6 is 11.3 Å². The summed E-state index contributed by atoms with van der Waals surface area (Å²) in [5.41, 5.74) is 0.915. The molecule has 1 N–H and O–H groups in total. The highest BCUT2D eigenvalue weighted by Crippen LogP contribution is 2.33. The second-order valence-corrected chi connectivity index (χ2v) is 7.03. The lowest BCUT2D eigenvalue weighted by atomic mass is 10.1. The number of unbranched alkanes of at least 4 members (excludes halogenated alkanes) is 6. The van der Waals surface area contributed by atoms with Crippen molar-refractivity contribution >= 4 is 28.2 Å². The molecule has 0 spiro atoms. The number of hydrogen-bond donors (Lipinski definition) is 1. The van der Waals surface area contributed by atoms with E-state index in [0.29, 0.717) is 27.4 Å². The summed E-state index contributed by atoms with van der Waals surface area (Å²) in [6, 6.07) is 2.07. The molecule has 0 atom stereocenters. The molecule has 0 aliphatic rings. The van der Waals surface area contributed by atoms with Crippen LogP contribution in [0.4, 0.5) is 5.00 Å². The maximum atomic E-state index is 12.1. The van der Waals surface area contributed by atoms with Gasteiger partial charge in [-0.3, -0.25) is 4.79 Å². The molecule has 0 fully saturated rings. The van der Waals surface area contributed by atoms with Gasteiger partial charge in [-0.15, -0.1) is 11.3 Å². The Bertz CT molecular complexity index is 617. The third-order valence-electron chi connectivity index (χ3n) is 3.98. The fourth-order valence-corrected chi connectivity index (χ4v) is 3.63. The van der Waals surface area contributed by atoms with E-state index < -0.39 is 5.97 Å². The lowest BCUT2D eigenvalue weighted by Gasteiger charge is -2.04. The third kappa shape index (κ3) is 6.87. The highest BCUT2D eigenvalue weighted by Gasteiger charge is 2.22. The minimum atomic E-state index is -0.450. The molecule has 0 bridgehead atoms. The summed E-state index contributed by atoms with van der Waals surface area (Å²) < 4.78 is 5.00. The first-order valence-electron chi connectivity index (χ1n) is 9.05. The van der Waals surface area contributed by atoms with Crippen molar-refractivity contribution in [3.63, 3.8) is 0 Å². The Morgan fingerprint density at radius 1 is 1.12 bits per heavy atom. The summed E-state index contributed by atoms with van der Waals surface area (Å²) in [7, 11) is 0. The normalized spacial score (nSPS) is 10.3. The average Bonchev–Trinajstić information content (AvgIpc) is 2.89. The molecule has 0 aliphatic carbocycles. The molecule has 1 amide bonds. The molecule has 138 valence electrons. The molecule has 0 aliphatic heterocycles. The first-order chi connectivity index (χ1) is 12.0. The minimum absolute atomic E-state index is 0.110. The van der Waals surface area contributed by atoms with Gasteiger partial charge in [0.2, 0.25) is 5.91 Å². The summed E-state index contributed by atoms with van der Waals surface area (Å²) in [5, 5.41) is 12.5. The zero-order chi connectivity index (χ0) is 18.7. The van der Waals surface area contributed by atoms with E-state index in [0.717, 1.165) is 30.6 Å². The number of amides is 1. The third-order valence-corrected chi connectivity index (χ3v) is 5.17. The average molecular weight is 365 g/mol. The number of nitrogens with one attached hydrogen (secondary N) is 1. The van der Waals surface area contributed by atoms with E-state index in [9.17, 15) is 14.9 Å². The van der Waals surface area contributed by atoms with Crippen molar-refractivity contribution in [2.45, 2.75) is 72.1 Å². The molecular weight excluding hydrogens is 336 g/mol. The molecule has 0 unspecified atom stereocenters. The summed E-state index contributed by atoms with van der Waals surface area (Å²) in [6.07, 6.45) is 8.47. The Hall–Kier alpha value is -1.87. The standard InChI is InChI=1S/C19H28N2O3S/c1-4-6-7-8-9-10-11-12-16(22)21-18-15(13-20)14(3)17(25-18)19(23)24-5-2/h4-12H2,1-3H3,(H,21,22). The molecule has 5 nitrogen and oxygen atoms in total. The SMILES string of the molecule is CCCCCCCCCC(=O)Nc1sc(C(=O)OCC)c(C)c1C#N. The smallest absolute Gasteiger partial charge is 0.348 e. The quantitative estimate of drug-likeness (QED) is 0.433. The zero-order valence-electron chi connectivity index (χ0n) is 15.4. The Balaban J connectivity index is 2.53. The van der Waals surface area contributed by atoms with Gasteiger partial charge in [-0.2, -0.15) is 5.26 Å². The van der Waals surface area contributed by atoms with Crippen LogP contribution in [0.1, 0.15) is 86.0 Å². The van der Waals surface area contributed by atoms with Gasteiger partial charge in [0.05, 0.1) is 12.2 Å². The highest BCUT2D eigenvalue weighted by molar-refractivity contribution is 7.18. The topological polar surface area (TPSA) is 79.2 Å². The van der Waals surface area contributed by atoms with Gasteiger partial charge in [-0.05, 0) is 25.8 Å². The first-order valence-corrected chi connectivity index (χ1v) is 9.87. The summed E-state index contributed by atoms with van der Waals surface area (Å²) in [6.45, 7) is 5.90. The maximum absolute atomic E-state index is 12.1. The van der Waals surface area contributed by atoms with Gasteiger partial charge in [0.25, 0.3) is 0 Å². The number of esters is 1. The van der Waals surface area contributed by atoms with Crippen molar-refractivity contribution in [1.29, 1.82) is 5.26 Å². The second kappa shape index (κ2) is 11.6. The first kappa shape index (κ1) is 21.2. The molecule has 25 heavy (non-hydrogen) atoms. The van der Waals surface area contributed by atoms with Crippen molar-refractivity contribution in [2.75, 3.05) is 11.9 Å². The molecule has 6 heteroatoms. The van der Waals surface area contributed by atoms with Crippen LogP contribution in [-0.4, -0.2) is 18.5 Å². The number of thiophene rings is 1. The Labute approximate surface area is 154 Å². The van der Waals surface area contributed by atoms with Crippen LogP contribution in [0, 0.1) is 18.3 Å². The van der Waals surface area contributed by atoms with Crippen LogP contribution in [-0.2, 0) is 9.53 Å². The van der Waals surface area contributed by atoms with E-state index in [-0.39, 0.29) is 12.5 Å². The van der Waals surface area contributed by atoms with Crippen molar-refractivity contribution in [3.05, 3.63) is 16.0 Å². The molecule has 0 saturated carbocycles. The predicted molar refractivity (Wildman–Crippen MR) is 101 cm³/mol. The fourth-order valence-electron chi connectivity index (χ4n) is 2.56. The van der Waals surface area contributed by atoms with Crippen LogP contribution in [0.2, 0.25) is 0 Å². The number of rotatable bonds is 11. The van der Waals surface area contributed by atoms with Crippen LogP contribution in [0.25, 0.3) is 0 Å². The molecule has 1 aromatic heterocycles. The van der Waals surface area contributed by atoms with Gasteiger partial charge in [-0.25, -0.2) is 4.79 Å². The van der Waals surface area contributed by atoms with Crippen LogP contribution in [0.3, 0.4) is 0 Å². The van der Waals surface area contributed by atoms with E-state index in [1.165, 1.54) is 25.7 Å². The molecule has 0 aromatic carbocycles. The van der Waals surface area contributed by atoms with Gasteiger partial charge in [0.1, 0.15) is 15.9 Å². The van der Waals surface area contributed by atoms with Crippen molar-refractivity contribution in [1.82, 2.24) is 0 Å². The Kier molecular flexibility index (Phi) is 9.86. The van der Waals surface area contributed by atoms with Gasteiger partial charge in [0, 0.05) is 6.42 Å². The molecule has 1 rings (SSSR count). The summed E-state index contributed by atoms with van der Waals surface area (Å²) in [4.78, 5) is 24.4. The zero-order valence-corrected chi connectivity index (χ0v) is 16.3. The second-order valence-electron chi connectivity index (χ2n) is 6.01. The minimum Gasteiger partial charge on any atom is -0.462 e. The fraction of sp³-hybridized carbons (Fsp3) is 0.632. The van der Waals surface area contributed by atoms with Gasteiger partial charge in [-0.1, -0.05) is 45.4 Å². The van der Waals surface area contributed by atoms with Crippen molar-refractivity contribution < 1.29 is 14.3 Å². The van der Waals surface area contributed by atoms with Crippen molar-refractivity contribution in [3.8, 4) is 6.07 Å². The van der Waals surface area contributed by atoms with Crippen LogP contribution < -0.4 is 5.32 Å². The number of ether oxygens (including phenoxy) is 1. The van der Waals surface area contributed by atoms with E-state index in [1.54, 1.807) is 13.8 Å². The molecule has 0 saturated heterocycles. The molecule has 1 aromatic rings. The number of carbonyl (C=O) groups excluding carboxylic acids is 2. The Morgan fingerprint density at radius 2 is 1.76 bits per heavy atom. The lowest BCUT2D eigenvalue weighted by molar-refractivity contribution is -0.116. The molecular formula is C19H28N2O3S. The monoisotopic (exact) mass is 364 g/mol. The maximum Gasteiger partial charge on any atom is 0.348 e. The number of nitrogens with zero attached hydrogens (tertiary/aromatic N) is 1. The molecule has 1 heterocycles. The van der Waals surface area contributed by atoms with Gasteiger partial charge < -0.3 is 10.1 Å². The lowest BCUT2D eigenvalue weighted by Crippen LogP contribution is -2.10. The van der Waals surface area contributed by atoms with E-state index >= 15 is 0 Å². The van der Waals surface area contributed by atoms with Crippen LogP contribution in [0.15, 0.2) is 0 Å². The Morgan fingerprint density at radius 3 is 2.36 bits per heavy atom. The predicted octanol–water partition coefficient (Wildman–Crippen LogP) is 5.18. The van der Waals surface area contributed by atoms with Crippen LogP contribution in [0.5, 0.6) is 0 Å². The van der Waals surface area contributed by atoms with Gasteiger partial charge >= 0.3 is 5.97 Å². The highest BCUT2D eigenvalue weighted by atomic mass is 32.1. The summed E-state index contributed by atoms with van der Waals surface area (Å²) >= 11 is 1.11. The van der Waals surface area contributed by atoms with Crippen molar-refractivity contribution in [2.24, 2.45) is 0 Å². The number of carbonyl (C=O) groups is 2. The van der Waals surface area contributed by atoms with Gasteiger partial charge in [0.15, 0.2) is 0 Å². The van der Waals surface area contributed by atoms with E-state index in [1.807, 2.05) is 0 Å². The number of hydrogen-bond acceptors (Lipinski definition) is 5. The van der Waals surface area contributed by atoms with E-state index in [4.69, 9.17) is 4.74 Å². The number of anilines is 1. The summed E-state index contributed by atoms with van der Waals surface area (Å²) in [5.74, 6) is -0.559. The number of nitriles is 1.